The topological polar surface area (TPSA) is 17.0 Å². The second-order valence-corrected chi connectivity index (χ2v) is 4.84. The minimum atomic E-state index is 0.321. The molecule has 1 aromatic heterocycles. The molecule has 2 aromatic rings. The molecule has 1 unspecified atom stereocenters. The number of hydrogen-bond acceptors (Lipinski definition) is 1. The molecule has 3 heteroatoms. The molecule has 0 bridgehead atoms. The fourth-order valence-electron chi connectivity index (χ4n) is 2.30. The van der Waals surface area contributed by atoms with Crippen LogP contribution in [0.2, 0.25) is 0 Å². The maximum absolute atomic E-state index is 3.59. The fraction of sp³-hybridized carbons (Fsp3) is 0.231. The zero-order valence-electron chi connectivity index (χ0n) is 8.86. The number of rotatable bonds is 1. The van der Waals surface area contributed by atoms with E-state index in [1.54, 1.807) is 0 Å². The van der Waals surface area contributed by atoms with Gasteiger partial charge in [-0.15, -0.1) is 0 Å². The highest BCUT2D eigenvalue weighted by atomic mass is 79.9. The number of hydrogen-bond donors (Lipinski definition) is 1. The standard InChI is InChI=1S/C13H13BrN2/c14-12-7-6-11-13(15-8-9-16(11)12)10-4-2-1-3-5-10/h1-7,13,15H,8-9H2. The Hall–Kier alpha value is -1.06. The van der Waals surface area contributed by atoms with Crippen molar-refractivity contribution >= 4 is 15.9 Å². The van der Waals surface area contributed by atoms with Gasteiger partial charge in [0, 0.05) is 18.8 Å². The summed E-state index contributed by atoms with van der Waals surface area (Å²) in [6, 6.07) is 15.2. The third-order valence-corrected chi connectivity index (χ3v) is 3.77. The van der Waals surface area contributed by atoms with E-state index in [0.29, 0.717) is 6.04 Å². The molecule has 0 saturated heterocycles. The van der Waals surface area contributed by atoms with Gasteiger partial charge in [-0.25, -0.2) is 0 Å². The second-order valence-electron chi connectivity index (χ2n) is 4.03. The molecular formula is C13H13BrN2. The summed E-state index contributed by atoms with van der Waals surface area (Å²) in [5, 5.41) is 3.56. The SMILES string of the molecule is Brc1ccc2n1CCNC2c1ccccc1. The first-order valence-electron chi connectivity index (χ1n) is 5.49. The molecule has 0 spiro atoms. The monoisotopic (exact) mass is 276 g/mol. The highest BCUT2D eigenvalue weighted by Crippen LogP contribution is 2.28. The molecule has 82 valence electrons. The molecule has 1 aliphatic heterocycles. The van der Waals surface area contributed by atoms with Crippen LogP contribution in [0.25, 0.3) is 0 Å². The van der Waals surface area contributed by atoms with Crippen LogP contribution in [0.4, 0.5) is 0 Å². The predicted octanol–water partition coefficient (Wildman–Crippen LogP) is 2.94. The zero-order valence-corrected chi connectivity index (χ0v) is 10.4. The lowest BCUT2D eigenvalue weighted by Crippen LogP contribution is -2.33. The van der Waals surface area contributed by atoms with E-state index in [2.05, 4.69) is 68.3 Å². The molecule has 0 amide bonds. The van der Waals surface area contributed by atoms with Gasteiger partial charge in [-0.3, -0.25) is 0 Å². The Morgan fingerprint density at radius 3 is 2.75 bits per heavy atom. The summed E-state index contributed by atoms with van der Waals surface area (Å²) in [6.45, 7) is 2.05. The minimum absolute atomic E-state index is 0.321. The summed E-state index contributed by atoms with van der Waals surface area (Å²) in [5.41, 5.74) is 2.67. The first kappa shape index (κ1) is 10.1. The van der Waals surface area contributed by atoms with Gasteiger partial charge in [-0.2, -0.15) is 0 Å². The summed E-state index contributed by atoms with van der Waals surface area (Å²) in [7, 11) is 0. The van der Waals surface area contributed by atoms with Crippen LogP contribution in [-0.2, 0) is 6.54 Å². The van der Waals surface area contributed by atoms with Gasteiger partial charge >= 0.3 is 0 Å². The average Bonchev–Trinajstić information content (AvgIpc) is 2.73. The van der Waals surface area contributed by atoms with Gasteiger partial charge in [0.15, 0.2) is 0 Å². The van der Waals surface area contributed by atoms with Gasteiger partial charge in [0.05, 0.1) is 10.6 Å². The lowest BCUT2D eigenvalue weighted by atomic mass is 10.0. The lowest BCUT2D eigenvalue weighted by Gasteiger charge is -2.27. The Labute approximate surface area is 103 Å². The largest absolute Gasteiger partial charge is 0.336 e. The van der Waals surface area contributed by atoms with Gasteiger partial charge in [-0.05, 0) is 33.6 Å². The van der Waals surface area contributed by atoms with Crippen LogP contribution in [0.15, 0.2) is 47.1 Å². The quantitative estimate of drug-likeness (QED) is 0.848. The molecule has 16 heavy (non-hydrogen) atoms. The first-order valence-corrected chi connectivity index (χ1v) is 6.29. The minimum Gasteiger partial charge on any atom is -0.336 e. The second kappa shape index (κ2) is 4.07. The molecule has 1 atom stereocenters. The van der Waals surface area contributed by atoms with E-state index in [1.807, 2.05) is 0 Å². The Bertz CT molecular complexity index is 490. The Morgan fingerprint density at radius 1 is 1.12 bits per heavy atom. The van der Waals surface area contributed by atoms with Crippen LogP contribution in [-0.4, -0.2) is 11.1 Å². The van der Waals surface area contributed by atoms with Crippen molar-refractivity contribution in [3.8, 4) is 0 Å². The van der Waals surface area contributed by atoms with Crippen LogP contribution in [0, 0.1) is 0 Å². The number of aromatic nitrogens is 1. The van der Waals surface area contributed by atoms with E-state index in [0.717, 1.165) is 13.1 Å². The number of nitrogens with one attached hydrogen (secondary N) is 1. The van der Waals surface area contributed by atoms with Crippen molar-refractivity contribution in [2.24, 2.45) is 0 Å². The first-order chi connectivity index (χ1) is 7.86. The van der Waals surface area contributed by atoms with Gasteiger partial charge in [0.25, 0.3) is 0 Å². The van der Waals surface area contributed by atoms with Gasteiger partial charge in [0.2, 0.25) is 0 Å². The van der Waals surface area contributed by atoms with Crippen molar-refractivity contribution in [1.29, 1.82) is 0 Å². The normalized spacial score (nSPS) is 19.4. The summed E-state index contributed by atoms with van der Waals surface area (Å²) in [5.74, 6) is 0. The van der Waals surface area contributed by atoms with Crippen LogP contribution in [0.1, 0.15) is 17.3 Å². The molecule has 1 aliphatic rings. The molecule has 0 saturated carbocycles. The van der Waals surface area contributed by atoms with Gasteiger partial charge < -0.3 is 9.88 Å². The van der Waals surface area contributed by atoms with E-state index in [4.69, 9.17) is 0 Å². The molecule has 2 heterocycles. The Kier molecular flexibility index (Phi) is 2.58. The average molecular weight is 277 g/mol. The van der Waals surface area contributed by atoms with E-state index in [1.165, 1.54) is 15.9 Å². The molecule has 1 aromatic carbocycles. The fourth-order valence-corrected chi connectivity index (χ4v) is 2.82. The zero-order chi connectivity index (χ0) is 11.0. The molecule has 3 rings (SSSR count). The van der Waals surface area contributed by atoms with E-state index in [-0.39, 0.29) is 0 Å². The summed E-state index contributed by atoms with van der Waals surface area (Å²) in [6.07, 6.45) is 0. The Morgan fingerprint density at radius 2 is 1.94 bits per heavy atom. The molecule has 1 N–H and O–H groups in total. The van der Waals surface area contributed by atoms with Crippen molar-refractivity contribution in [2.75, 3.05) is 6.54 Å². The number of nitrogens with zero attached hydrogens (tertiary/aromatic N) is 1. The molecule has 0 radical (unpaired) electrons. The van der Waals surface area contributed by atoms with Crippen molar-refractivity contribution < 1.29 is 0 Å². The molecule has 0 fully saturated rings. The third kappa shape index (κ3) is 1.60. The van der Waals surface area contributed by atoms with Gasteiger partial charge in [0.1, 0.15) is 0 Å². The van der Waals surface area contributed by atoms with Crippen molar-refractivity contribution in [3.05, 3.63) is 58.3 Å². The van der Waals surface area contributed by atoms with E-state index in [9.17, 15) is 0 Å². The number of halogens is 1. The van der Waals surface area contributed by atoms with E-state index >= 15 is 0 Å². The van der Waals surface area contributed by atoms with Crippen LogP contribution >= 0.6 is 15.9 Å². The predicted molar refractivity (Wildman–Crippen MR) is 68.4 cm³/mol. The van der Waals surface area contributed by atoms with Gasteiger partial charge in [-0.1, -0.05) is 30.3 Å². The lowest BCUT2D eigenvalue weighted by molar-refractivity contribution is 0.462. The summed E-state index contributed by atoms with van der Waals surface area (Å²) >= 11 is 3.59. The smallest absolute Gasteiger partial charge is 0.0849 e. The third-order valence-electron chi connectivity index (χ3n) is 3.07. The Balaban J connectivity index is 2.05. The van der Waals surface area contributed by atoms with Crippen LogP contribution < -0.4 is 5.32 Å². The van der Waals surface area contributed by atoms with E-state index < -0.39 is 0 Å². The van der Waals surface area contributed by atoms with Crippen LogP contribution in [0.5, 0.6) is 0 Å². The number of benzene rings is 1. The maximum atomic E-state index is 3.59. The van der Waals surface area contributed by atoms with Crippen molar-refractivity contribution in [1.82, 2.24) is 9.88 Å². The number of fused-ring (bicyclic) bond motifs is 1. The molecule has 0 aliphatic carbocycles. The molecular weight excluding hydrogens is 264 g/mol. The van der Waals surface area contributed by atoms with Crippen molar-refractivity contribution in [3.63, 3.8) is 0 Å². The maximum Gasteiger partial charge on any atom is 0.0849 e. The van der Waals surface area contributed by atoms with Crippen LogP contribution in [0.3, 0.4) is 0 Å². The highest BCUT2D eigenvalue weighted by molar-refractivity contribution is 9.10. The van der Waals surface area contributed by atoms with Crippen molar-refractivity contribution in [2.45, 2.75) is 12.6 Å². The summed E-state index contributed by atoms with van der Waals surface area (Å²) in [4.78, 5) is 0. The molecule has 2 nitrogen and oxygen atoms in total. The highest BCUT2D eigenvalue weighted by Gasteiger charge is 2.22. The summed E-state index contributed by atoms with van der Waals surface area (Å²) < 4.78 is 3.50.